The van der Waals surface area contributed by atoms with Crippen LogP contribution < -0.4 is 0 Å². The van der Waals surface area contributed by atoms with Gasteiger partial charge >= 0.3 is 0 Å². The van der Waals surface area contributed by atoms with E-state index in [0.29, 0.717) is 0 Å². The van der Waals surface area contributed by atoms with Gasteiger partial charge in [-0.05, 0) is 11.6 Å². The van der Waals surface area contributed by atoms with Gasteiger partial charge in [0, 0.05) is 28.0 Å². The normalized spacial score (nSPS) is 13.0. The van der Waals surface area contributed by atoms with Gasteiger partial charge in [0.15, 0.2) is 0 Å². The monoisotopic (exact) mass is 299 g/mol. The maximum absolute atomic E-state index is 4.82. The van der Waals surface area contributed by atoms with Crippen molar-refractivity contribution in [3.05, 3.63) is 60.3 Å². The van der Waals surface area contributed by atoms with E-state index in [0.717, 1.165) is 17.7 Å². The summed E-state index contributed by atoms with van der Waals surface area (Å²) in [5, 5.41) is 1.27. The summed E-state index contributed by atoms with van der Waals surface area (Å²) < 4.78 is 0. The Bertz CT molecular complexity index is 756. The van der Waals surface area contributed by atoms with E-state index >= 15 is 0 Å². The van der Waals surface area contributed by atoms with Crippen LogP contribution in [-0.4, -0.2) is 10.7 Å². The molecule has 0 saturated heterocycles. The number of rotatable bonds is 1. The van der Waals surface area contributed by atoms with Crippen molar-refractivity contribution >= 4 is 35.1 Å². The van der Waals surface area contributed by atoms with E-state index in [1.54, 1.807) is 0 Å². The highest BCUT2D eigenvalue weighted by Gasteiger charge is 2.20. The van der Waals surface area contributed by atoms with Gasteiger partial charge in [-0.15, -0.1) is 24.2 Å². The van der Waals surface area contributed by atoms with E-state index in [1.165, 1.54) is 27.1 Å². The van der Waals surface area contributed by atoms with Crippen molar-refractivity contribution in [1.29, 1.82) is 0 Å². The quantitative estimate of drug-likeness (QED) is 0.629. The third-order valence-corrected chi connectivity index (χ3v) is 4.70. The first-order valence-electron chi connectivity index (χ1n) is 6.53. The van der Waals surface area contributed by atoms with E-state index in [-0.39, 0.29) is 12.4 Å². The first-order chi connectivity index (χ1) is 9.43. The van der Waals surface area contributed by atoms with E-state index in [4.69, 9.17) is 4.98 Å². The van der Waals surface area contributed by atoms with Gasteiger partial charge in [0.1, 0.15) is 0 Å². The maximum atomic E-state index is 4.82. The Morgan fingerprint density at radius 1 is 0.900 bits per heavy atom. The summed E-state index contributed by atoms with van der Waals surface area (Å²) in [6.07, 6.45) is 1.09. The number of halogens is 1. The Morgan fingerprint density at radius 2 is 1.65 bits per heavy atom. The van der Waals surface area contributed by atoms with Gasteiger partial charge in [0.2, 0.25) is 0 Å². The number of aryl methyl sites for hydroxylation is 1. The van der Waals surface area contributed by atoms with Gasteiger partial charge in [0.25, 0.3) is 0 Å². The zero-order valence-corrected chi connectivity index (χ0v) is 12.5. The molecule has 0 unspecified atom stereocenters. The molecule has 0 bridgehead atoms. The summed E-state index contributed by atoms with van der Waals surface area (Å²) in [6.45, 7) is 0. The van der Waals surface area contributed by atoms with E-state index in [2.05, 4.69) is 54.6 Å². The second-order valence-corrected chi connectivity index (χ2v) is 5.85. The highest BCUT2D eigenvalue weighted by Crippen LogP contribution is 2.42. The van der Waals surface area contributed by atoms with Gasteiger partial charge in [0.05, 0.1) is 11.2 Å². The average Bonchev–Trinajstić information content (AvgIpc) is 2.93. The predicted octanol–water partition coefficient (Wildman–Crippen LogP) is 4.97. The molecule has 1 aliphatic heterocycles. The van der Waals surface area contributed by atoms with E-state index < -0.39 is 0 Å². The molecule has 0 aliphatic carbocycles. The number of fused-ring (bicyclic) bond motifs is 2. The number of hydrogen-bond donors (Lipinski definition) is 0. The second-order valence-electron chi connectivity index (χ2n) is 4.74. The SMILES string of the molecule is Cl.c1ccc(-c2c3c(nc4ccccc24)CCS3)cc1. The van der Waals surface area contributed by atoms with Gasteiger partial charge < -0.3 is 0 Å². The number of benzene rings is 2. The van der Waals surface area contributed by atoms with Gasteiger partial charge in [-0.3, -0.25) is 4.98 Å². The lowest BCUT2D eigenvalue weighted by Gasteiger charge is -2.11. The standard InChI is InChI=1S/C17H13NS.ClH/c1-2-6-12(7-3-1)16-13-8-4-5-9-14(13)18-15-10-11-19-17(15)16;/h1-9H,10-11H2;1H. The molecular formula is C17H14ClNS. The van der Waals surface area contributed by atoms with Crippen molar-refractivity contribution in [3.8, 4) is 11.1 Å². The van der Waals surface area contributed by atoms with E-state index in [9.17, 15) is 0 Å². The number of aromatic nitrogens is 1. The summed E-state index contributed by atoms with van der Waals surface area (Å²) in [6, 6.07) is 19.1. The largest absolute Gasteiger partial charge is 0.252 e. The number of para-hydroxylation sites is 1. The van der Waals surface area contributed by atoms with Crippen LogP contribution in [-0.2, 0) is 6.42 Å². The number of hydrogen-bond acceptors (Lipinski definition) is 2. The molecule has 0 saturated carbocycles. The van der Waals surface area contributed by atoms with Gasteiger partial charge in [-0.25, -0.2) is 0 Å². The second kappa shape index (κ2) is 5.47. The fourth-order valence-electron chi connectivity index (χ4n) is 2.71. The Hall–Kier alpha value is -1.51. The van der Waals surface area contributed by atoms with Crippen LogP contribution in [0.25, 0.3) is 22.0 Å². The molecule has 0 amide bonds. The third kappa shape index (κ3) is 2.09. The molecule has 100 valence electrons. The first-order valence-corrected chi connectivity index (χ1v) is 7.52. The van der Waals surface area contributed by atoms with Crippen molar-refractivity contribution < 1.29 is 0 Å². The van der Waals surface area contributed by atoms with Crippen LogP contribution in [0.5, 0.6) is 0 Å². The van der Waals surface area contributed by atoms with Crippen LogP contribution >= 0.6 is 24.2 Å². The topological polar surface area (TPSA) is 12.9 Å². The average molecular weight is 300 g/mol. The highest BCUT2D eigenvalue weighted by molar-refractivity contribution is 7.99. The van der Waals surface area contributed by atoms with Gasteiger partial charge in [-0.2, -0.15) is 0 Å². The zero-order valence-electron chi connectivity index (χ0n) is 10.9. The molecule has 20 heavy (non-hydrogen) atoms. The van der Waals surface area contributed by atoms with Crippen LogP contribution in [0.3, 0.4) is 0 Å². The molecular weight excluding hydrogens is 286 g/mol. The van der Waals surface area contributed by atoms with Crippen molar-refractivity contribution in [2.45, 2.75) is 11.3 Å². The molecule has 3 aromatic rings. The summed E-state index contributed by atoms with van der Waals surface area (Å²) >= 11 is 1.94. The Kier molecular flexibility index (Phi) is 3.68. The van der Waals surface area contributed by atoms with Crippen LogP contribution in [0, 0.1) is 0 Å². The Morgan fingerprint density at radius 3 is 2.50 bits per heavy atom. The number of thioether (sulfide) groups is 1. The minimum absolute atomic E-state index is 0. The maximum Gasteiger partial charge on any atom is 0.0712 e. The van der Waals surface area contributed by atoms with Crippen LogP contribution in [0.15, 0.2) is 59.5 Å². The molecule has 4 rings (SSSR count). The fourth-order valence-corrected chi connectivity index (χ4v) is 3.90. The van der Waals surface area contributed by atoms with Crippen molar-refractivity contribution in [1.82, 2.24) is 4.98 Å². The summed E-state index contributed by atoms with van der Waals surface area (Å²) in [4.78, 5) is 6.20. The molecule has 0 N–H and O–H groups in total. The molecule has 0 atom stereocenters. The fraction of sp³-hybridized carbons (Fsp3) is 0.118. The minimum atomic E-state index is 0. The predicted molar refractivity (Wildman–Crippen MR) is 88.9 cm³/mol. The van der Waals surface area contributed by atoms with E-state index in [1.807, 2.05) is 11.8 Å². The van der Waals surface area contributed by atoms with Crippen molar-refractivity contribution in [2.75, 3.05) is 5.75 Å². The van der Waals surface area contributed by atoms with Crippen LogP contribution in [0.4, 0.5) is 0 Å². The molecule has 1 nitrogen and oxygen atoms in total. The summed E-state index contributed by atoms with van der Waals surface area (Å²) in [5.74, 6) is 1.15. The van der Waals surface area contributed by atoms with Crippen LogP contribution in [0.2, 0.25) is 0 Å². The number of nitrogens with zero attached hydrogens (tertiary/aromatic N) is 1. The molecule has 2 aromatic carbocycles. The lowest BCUT2D eigenvalue weighted by Crippen LogP contribution is -1.92. The Balaban J connectivity index is 0.00000121. The molecule has 0 fully saturated rings. The molecule has 3 heteroatoms. The highest BCUT2D eigenvalue weighted by atomic mass is 35.5. The minimum Gasteiger partial charge on any atom is -0.252 e. The molecule has 2 heterocycles. The van der Waals surface area contributed by atoms with Gasteiger partial charge in [-0.1, -0.05) is 48.5 Å². The lowest BCUT2D eigenvalue weighted by atomic mass is 9.99. The molecule has 1 aromatic heterocycles. The Labute approximate surface area is 128 Å². The molecule has 0 spiro atoms. The number of pyridine rings is 1. The summed E-state index contributed by atoms with van der Waals surface area (Å²) in [5.41, 5.74) is 5.04. The van der Waals surface area contributed by atoms with Crippen LogP contribution in [0.1, 0.15) is 5.69 Å². The zero-order chi connectivity index (χ0) is 12.7. The smallest absolute Gasteiger partial charge is 0.0712 e. The molecule has 0 radical (unpaired) electrons. The first kappa shape index (κ1) is 13.5. The van der Waals surface area contributed by atoms with Crippen molar-refractivity contribution in [2.24, 2.45) is 0 Å². The summed E-state index contributed by atoms with van der Waals surface area (Å²) in [7, 11) is 0. The van der Waals surface area contributed by atoms with Crippen molar-refractivity contribution in [3.63, 3.8) is 0 Å². The lowest BCUT2D eigenvalue weighted by molar-refractivity contribution is 1.05. The third-order valence-electron chi connectivity index (χ3n) is 3.57. The molecule has 1 aliphatic rings.